The van der Waals surface area contributed by atoms with Gasteiger partial charge in [0.1, 0.15) is 0 Å². The van der Waals surface area contributed by atoms with Crippen LogP contribution in [0.1, 0.15) is 22.3 Å². The molecule has 0 fully saturated rings. The van der Waals surface area contributed by atoms with E-state index in [1.807, 2.05) is 0 Å². The average Bonchev–Trinajstić information content (AvgIpc) is 2.99. The molecule has 0 radical (unpaired) electrons. The molecule has 1 aliphatic heterocycles. The molecule has 0 spiro atoms. The van der Waals surface area contributed by atoms with Gasteiger partial charge < -0.3 is 4.57 Å². The largest absolute Gasteiger partial charge is 0.315 e. The van der Waals surface area contributed by atoms with Crippen LogP contribution in [-0.4, -0.2) is 4.57 Å². The molecule has 0 atom stereocenters. The standard InChI is InChI=1S/C23H17N/c1-16-7-2-4-10-19(16)21-15-18-8-3-5-12-22(18)24-14-13-17-9-6-11-20(21)23(17)24/h2-15H,1H3. The minimum atomic E-state index is 1.24. The zero-order valence-corrected chi connectivity index (χ0v) is 13.5. The van der Waals surface area contributed by atoms with Gasteiger partial charge in [0.25, 0.3) is 0 Å². The maximum Gasteiger partial charge on any atom is 0.0607 e. The average molecular weight is 307 g/mol. The van der Waals surface area contributed by atoms with Crippen LogP contribution in [-0.2, 0) is 0 Å². The second-order valence-electron chi connectivity index (χ2n) is 6.36. The van der Waals surface area contributed by atoms with Crippen molar-refractivity contribution in [2.45, 2.75) is 6.92 Å². The lowest BCUT2D eigenvalue weighted by Crippen LogP contribution is -1.95. The summed E-state index contributed by atoms with van der Waals surface area (Å²) in [6.45, 7) is 2.19. The van der Waals surface area contributed by atoms with Gasteiger partial charge >= 0.3 is 0 Å². The fraction of sp³-hybridized carbons (Fsp3) is 0.0435. The number of benzene rings is 3. The summed E-state index contributed by atoms with van der Waals surface area (Å²) in [6.07, 6.45) is 4.51. The summed E-state index contributed by atoms with van der Waals surface area (Å²) in [4.78, 5) is 0. The molecule has 0 unspecified atom stereocenters. The molecule has 3 aromatic carbocycles. The van der Waals surface area contributed by atoms with Crippen LogP contribution >= 0.6 is 0 Å². The van der Waals surface area contributed by atoms with Crippen LogP contribution in [0.25, 0.3) is 28.2 Å². The summed E-state index contributed by atoms with van der Waals surface area (Å²) in [6, 6.07) is 26.1. The highest BCUT2D eigenvalue weighted by atomic mass is 15.0. The lowest BCUT2D eigenvalue weighted by atomic mass is 9.92. The van der Waals surface area contributed by atoms with Crippen molar-refractivity contribution < 1.29 is 0 Å². The van der Waals surface area contributed by atoms with Gasteiger partial charge in [-0.3, -0.25) is 0 Å². The zero-order valence-electron chi connectivity index (χ0n) is 13.5. The third kappa shape index (κ3) is 1.82. The van der Waals surface area contributed by atoms with Gasteiger partial charge in [-0.05, 0) is 47.4 Å². The first kappa shape index (κ1) is 13.4. The van der Waals surface area contributed by atoms with Crippen molar-refractivity contribution in [1.82, 2.24) is 4.57 Å². The Hall–Kier alpha value is -3.06. The molecule has 0 N–H and O–H groups in total. The quantitative estimate of drug-likeness (QED) is 0.366. The molecule has 114 valence electrons. The summed E-state index contributed by atoms with van der Waals surface area (Å²) in [7, 11) is 0. The van der Waals surface area contributed by atoms with Gasteiger partial charge in [-0.1, -0.05) is 60.7 Å². The van der Waals surface area contributed by atoms with Crippen molar-refractivity contribution in [3.8, 4) is 5.69 Å². The Morgan fingerprint density at radius 1 is 0.708 bits per heavy atom. The smallest absolute Gasteiger partial charge is 0.0607 e. The van der Waals surface area contributed by atoms with E-state index in [2.05, 4.69) is 96.6 Å². The van der Waals surface area contributed by atoms with E-state index in [1.165, 1.54) is 44.4 Å². The van der Waals surface area contributed by atoms with E-state index in [4.69, 9.17) is 0 Å². The maximum atomic E-state index is 2.33. The highest BCUT2D eigenvalue weighted by Gasteiger charge is 2.19. The first-order valence-electron chi connectivity index (χ1n) is 8.30. The second kappa shape index (κ2) is 4.97. The Balaban J connectivity index is 1.96. The van der Waals surface area contributed by atoms with Gasteiger partial charge in [0.15, 0.2) is 0 Å². The highest BCUT2D eigenvalue weighted by molar-refractivity contribution is 6.04. The first-order valence-corrected chi connectivity index (χ1v) is 8.30. The maximum absolute atomic E-state index is 2.33. The molecule has 1 nitrogen and oxygen atoms in total. The molecule has 1 aliphatic rings. The van der Waals surface area contributed by atoms with Crippen LogP contribution in [0.15, 0.2) is 79.0 Å². The number of aromatic nitrogens is 1. The fourth-order valence-electron chi connectivity index (χ4n) is 3.77. The molecule has 1 heteroatoms. The number of hydrogen-bond donors (Lipinski definition) is 0. The minimum absolute atomic E-state index is 1.24. The third-order valence-electron chi connectivity index (χ3n) is 4.93. The van der Waals surface area contributed by atoms with Crippen molar-refractivity contribution in [3.05, 3.63) is 101 Å². The van der Waals surface area contributed by atoms with Crippen LogP contribution in [0, 0.1) is 6.92 Å². The van der Waals surface area contributed by atoms with E-state index < -0.39 is 0 Å². The van der Waals surface area contributed by atoms with Gasteiger partial charge in [-0.25, -0.2) is 0 Å². The molecular weight excluding hydrogens is 290 g/mol. The lowest BCUT2D eigenvalue weighted by molar-refractivity contribution is 1.12. The summed E-state index contributed by atoms with van der Waals surface area (Å²) >= 11 is 0. The van der Waals surface area contributed by atoms with Gasteiger partial charge in [0, 0.05) is 17.1 Å². The van der Waals surface area contributed by atoms with Crippen LogP contribution < -0.4 is 0 Å². The van der Waals surface area contributed by atoms with Crippen molar-refractivity contribution in [1.29, 1.82) is 0 Å². The molecule has 24 heavy (non-hydrogen) atoms. The Morgan fingerprint density at radius 2 is 1.50 bits per heavy atom. The number of para-hydroxylation sites is 2. The Bertz CT molecular complexity index is 1110. The predicted octanol–water partition coefficient (Wildman–Crippen LogP) is 5.84. The van der Waals surface area contributed by atoms with Gasteiger partial charge in [0.05, 0.1) is 11.2 Å². The normalized spacial score (nSPS) is 12.6. The first-order chi connectivity index (χ1) is 11.8. The number of hydrogen-bond acceptors (Lipinski definition) is 0. The van der Waals surface area contributed by atoms with E-state index in [-0.39, 0.29) is 0 Å². The van der Waals surface area contributed by atoms with E-state index in [0.29, 0.717) is 0 Å². The topological polar surface area (TPSA) is 4.93 Å². The SMILES string of the molecule is Cc1ccccc1C1=Cc2ccccc2-n2ccc3cccc1c32. The van der Waals surface area contributed by atoms with Crippen molar-refractivity contribution in [2.75, 3.05) is 0 Å². The second-order valence-corrected chi connectivity index (χ2v) is 6.36. The fourth-order valence-corrected chi connectivity index (χ4v) is 3.77. The Morgan fingerprint density at radius 3 is 2.42 bits per heavy atom. The van der Waals surface area contributed by atoms with Gasteiger partial charge in [-0.15, -0.1) is 0 Å². The van der Waals surface area contributed by atoms with Crippen LogP contribution in [0.5, 0.6) is 0 Å². The van der Waals surface area contributed by atoms with Gasteiger partial charge in [0.2, 0.25) is 0 Å². The highest BCUT2D eigenvalue weighted by Crippen LogP contribution is 2.38. The van der Waals surface area contributed by atoms with E-state index in [1.54, 1.807) is 0 Å². The minimum Gasteiger partial charge on any atom is -0.315 e. The number of nitrogens with zero attached hydrogens (tertiary/aromatic N) is 1. The molecule has 0 saturated heterocycles. The van der Waals surface area contributed by atoms with Crippen LogP contribution in [0.4, 0.5) is 0 Å². The summed E-state index contributed by atoms with van der Waals surface area (Å²) < 4.78 is 2.32. The molecule has 0 saturated carbocycles. The molecule has 1 aromatic heterocycles. The molecule has 4 aromatic rings. The molecule has 5 rings (SSSR count). The number of fused-ring (bicyclic) bond motifs is 2. The van der Waals surface area contributed by atoms with Crippen LogP contribution in [0.3, 0.4) is 0 Å². The summed E-state index contributed by atoms with van der Waals surface area (Å²) in [5, 5.41) is 1.28. The van der Waals surface area contributed by atoms with Crippen molar-refractivity contribution in [2.24, 2.45) is 0 Å². The van der Waals surface area contributed by atoms with Crippen molar-refractivity contribution in [3.63, 3.8) is 0 Å². The lowest BCUT2D eigenvalue weighted by Gasteiger charge is -2.12. The van der Waals surface area contributed by atoms with E-state index in [9.17, 15) is 0 Å². The van der Waals surface area contributed by atoms with Gasteiger partial charge in [-0.2, -0.15) is 0 Å². The molecule has 0 aliphatic carbocycles. The molecule has 0 bridgehead atoms. The van der Waals surface area contributed by atoms with E-state index >= 15 is 0 Å². The monoisotopic (exact) mass is 307 g/mol. The molecular formula is C23H17N. The number of rotatable bonds is 1. The summed E-state index contributed by atoms with van der Waals surface area (Å²) in [5.74, 6) is 0. The van der Waals surface area contributed by atoms with Crippen LogP contribution in [0.2, 0.25) is 0 Å². The summed E-state index contributed by atoms with van der Waals surface area (Å²) in [5.41, 5.74) is 8.98. The predicted molar refractivity (Wildman–Crippen MR) is 101 cm³/mol. The Kier molecular flexibility index (Phi) is 2.77. The third-order valence-corrected chi connectivity index (χ3v) is 4.93. The molecule has 2 heterocycles. The Labute approximate surface area is 141 Å². The number of aryl methyl sites for hydroxylation is 1. The zero-order chi connectivity index (χ0) is 16.1. The van der Waals surface area contributed by atoms with Crippen molar-refractivity contribution >= 4 is 22.6 Å². The molecule has 0 amide bonds. The van der Waals surface area contributed by atoms with E-state index in [0.717, 1.165) is 0 Å².